The van der Waals surface area contributed by atoms with Crippen molar-refractivity contribution in [2.75, 3.05) is 7.11 Å². The van der Waals surface area contributed by atoms with Crippen molar-refractivity contribution in [2.24, 2.45) is 0 Å². The minimum atomic E-state index is -3.98. The van der Waals surface area contributed by atoms with E-state index in [-0.39, 0.29) is 10.9 Å². The summed E-state index contributed by atoms with van der Waals surface area (Å²) in [4.78, 5) is 18.3. The summed E-state index contributed by atoms with van der Waals surface area (Å²) in [5.74, 6) is -0.499. The third-order valence-electron chi connectivity index (χ3n) is 3.10. The lowest BCUT2D eigenvalue weighted by Gasteiger charge is -2.02. The van der Waals surface area contributed by atoms with E-state index >= 15 is 0 Å². The monoisotopic (exact) mass is 332 g/mol. The van der Waals surface area contributed by atoms with Gasteiger partial charge < -0.3 is 13.9 Å². The van der Waals surface area contributed by atoms with Crippen LogP contribution in [0.5, 0.6) is 6.01 Å². The molecule has 3 aromatic rings. The quantitative estimate of drug-likeness (QED) is 0.580. The summed E-state index contributed by atoms with van der Waals surface area (Å²) in [6, 6.07) is 12.2. The van der Waals surface area contributed by atoms with Crippen molar-refractivity contribution in [1.82, 2.24) is 9.97 Å². The molecule has 0 radical (unpaired) electrons. The third kappa shape index (κ3) is 3.02. The molecule has 0 aliphatic carbocycles. The molecule has 2 aromatic carbocycles. The third-order valence-corrected chi connectivity index (χ3v) is 4.33. The standard InChI is InChI=1S/C15H12N2O5S/c1-21-14(18)10-7-8-12-13(9-10)17-15(16-12)22-23(19,20)11-5-3-2-4-6-11/h2-9H,1H3,(H,16,17). The number of H-pyrrole nitrogens is 1. The second-order valence-electron chi connectivity index (χ2n) is 4.62. The number of imidazole rings is 1. The van der Waals surface area contributed by atoms with Gasteiger partial charge in [0.15, 0.2) is 0 Å². The molecule has 0 bridgehead atoms. The Bertz CT molecular complexity index is 964. The van der Waals surface area contributed by atoms with Crippen molar-refractivity contribution in [1.29, 1.82) is 0 Å². The highest BCUT2D eigenvalue weighted by molar-refractivity contribution is 7.87. The maximum Gasteiger partial charge on any atom is 0.341 e. The molecule has 0 aliphatic heterocycles. The number of benzene rings is 2. The summed E-state index contributed by atoms with van der Waals surface area (Å²) in [5, 5.41) is 0. The Hall–Kier alpha value is -2.87. The van der Waals surface area contributed by atoms with Crippen molar-refractivity contribution in [3.63, 3.8) is 0 Å². The summed E-state index contributed by atoms with van der Waals surface area (Å²) >= 11 is 0. The molecule has 0 saturated heterocycles. The average molecular weight is 332 g/mol. The van der Waals surface area contributed by atoms with Crippen LogP contribution in [0.15, 0.2) is 53.4 Å². The van der Waals surface area contributed by atoms with Crippen LogP contribution in [-0.4, -0.2) is 31.5 Å². The molecule has 0 fully saturated rings. The van der Waals surface area contributed by atoms with E-state index in [2.05, 4.69) is 14.7 Å². The fourth-order valence-corrected chi connectivity index (χ4v) is 2.88. The van der Waals surface area contributed by atoms with Crippen molar-refractivity contribution >= 4 is 27.1 Å². The number of ether oxygens (including phenoxy) is 1. The van der Waals surface area contributed by atoms with Crippen LogP contribution in [0, 0.1) is 0 Å². The lowest BCUT2D eigenvalue weighted by atomic mass is 10.2. The van der Waals surface area contributed by atoms with Crippen LogP contribution in [0.3, 0.4) is 0 Å². The van der Waals surface area contributed by atoms with Gasteiger partial charge in [-0.25, -0.2) is 4.79 Å². The minimum Gasteiger partial charge on any atom is -0.465 e. The summed E-state index contributed by atoms with van der Waals surface area (Å²) in [6.45, 7) is 0. The predicted octanol–water partition coefficient (Wildman–Crippen LogP) is 2.12. The normalized spacial score (nSPS) is 11.3. The molecular formula is C15H12N2O5S. The number of hydrogen-bond donors (Lipinski definition) is 1. The lowest BCUT2D eigenvalue weighted by Crippen LogP contribution is -2.10. The molecule has 0 unspecified atom stereocenters. The number of fused-ring (bicyclic) bond motifs is 1. The Morgan fingerprint density at radius 2 is 1.87 bits per heavy atom. The number of methoxy groups -OCH3 is 1. The van der Waals surface area contributed by atoms with Gasteiger partial charge in [-0.1, -0.05) is 18.2 Å². The van der Waals surface area contributed by atoms with Crippen LogP contribution >= 0.6 is 0 Å². The van der Waals surface area contributed by atoms with Gasteiger partial charge in [0.1, 0.15) is 4.90 Å². The van der Waals surface area contributed by atoms with Crippen LogP contribution in [0.1, 0.15) is 10.4 Å². The summed E-state index contributed by atoms with van der Waals surface area (Å²) in [6.07, 6.45) is 0. The number of nitrogens with zero attached hydrogens (tertiary/aromatic N) is 1. The first kappa shape index (κ1) is 15.0. The van der Waals surface area contributed by atoms with Gasteiger partial charge in [0.25, 0.3) is 0 Å². The van der Waals surface area contributed by atoms with Crippen LogP contribution in [-0.2, 0) is 14.9 Å². The molecule has 0 saturated carbocycles. The van der Waals surface area contributed by atoms with Gasteiger partial charge >= 0.3 is 22.1 Å². The topological polar surface area (TPSA) is 98.3 Å². The second kappa shape index (κ2) is 5.73. The lowest BCUT2D eigenvalue weighted by molar-refractivity contribution is 0.0601. The number of aromatic nitrogens is 2. The van der Waals surface area contributed by atoms with E-state index in [1.807, 2.05) is 0 Å². The van der Waals surface area contributed by atoms with Gasteiger partial charge in [0, 0.05) is 0 Å². The molecule has 0 aliphatic rings. The smallest absolute Gasteiger partial charge is 0.341 e. The minimum absolute atomic E-state index is 0.0238. The van der Waals surface area contributed by atoms with Crippen molar-refractivity contribution in [3.8, 4) is 6.01 Å². The SMILES string of the molecule is COC(=O)c1ccc2nc(OS(=O)(=O)c3ccccc3)[nH]c2c1. The van der Waals surface area contributed by atoms with Crippen molar-refractivity contribution < 1.29 is 22.1 Å². The molecule has 23 heavy (non-hydrogen) atoms. The van der Waals surface area contributed by atoms with E-state index in [1.165, 1.54) is 31.4 Å². The molecule has 0 amide bonds. The first-order valence-electron chi connectivity index (χ1n) is 6.57. The van der Waals surface area contributed by atoms with Crippen LogP contribution in [0.2, 0.25) is 0 Å². The molecule has 7 nitrogen and oxygen atoms in total. The summed E-state index contributed by atoms with van der Waals surface area (Å²) < 4.78 is 33.9. The second-order valence-corrected chi connectivity index (χ2v) is 6.16. The van der Waals surface area contributed by atoms with E-state index in [0.717, 1.165) is 0 Å². The predicted molar refractivity (Wildman–Crippen MR) is 81.7 cm³/mol. The summed E-state index contributed by atoms with van der Waals surface area (Å²) in [7, 11) is -2.70. The van der Waals surface area contributed by atoms with Crippen LogP contribution in [0.4, 0.5) is 0 Å². The fraction of sp³-hybridized carbons (Fsp3) is 0.0667. The number of carbonyl (C=O) groups excluding carboxylic acids is 1. The van der Waals surface area contributed by atoms with E-state index < -0.39 is 16.1 Å². The van der Waals surface area contributed by atoms with E-state index in [4.69, 9.17) is 4.18 Å². The number of rotatable bonds is 4. The van der Waals surface area contributed by atoms with Gasteiger partial charge in [0.2, 0.25) is 0 Å². The molecular weight excluding hydrogens is 320 g/mol. The number of aromatic amines is 1. The highest BCUT2D eigenvalue weighted by atomic mass is 32.2. The average Bonchev–Trinajstić information content (AvgIpc) is 2.95. The molecule has 0 atom stereocenters. The molecule has 3 rings (SSSR count). The summed E-state index contributed by atoms with van der Waals surface area (Å²) in [5.41, 5.74) is 1.25. The Morgan fingerprint density at radius 1 is 1.13 bits per heavy atom. The zero-order valence-corrected chi connectivity index (χ0v) is 12.8. The Labute approximate surface area is 132 Å². The number of nitrogens with one attached hydrogen (secondary N) is 1. The molecule has 1 heterocycles. The van der Waals surface area contributed by atoms with Crippen LogP contribution < -0.4 is 4.18 Å². The number of carbonyl (C=O) groups is 1. The Morgan fingerprint density at radius 3 is 2.57 bits per heavy atom. The maximum absolute atomic E-state index is 12.1. The highest BCUT2D eigenvalue weighted by Crippen LogP contribution is 2.21. The highest BCUT2D eigenvalue weighted by Gasteiger charge is 2.18. The van der Waals surface area contributed by atoms with Gasteiger partial charge in [-0.3, -0.25) is 0 Å². The molecule has 1 N–H and O–H groups in total. The van der Waals surface area contributed by atoms with Gasteiger partial charge in [-0.05, 0) is 30.3 Å². The molecule has 1 aromatic heterocycles. The van der Waals surface area contributed by atoms with Crippen molar-refractivity contribution in [3.05, 3.63) is 54.1 Å². The fourth-order valence-electron chi connectivity index (χ4n) is 2.01. The largest absolute Gasteiger partial charge is 0.465 e. The zero-order valence-electron chi connectivity index (χ0n) is 12.0. The van der Waals surface area contributed by atoms with Gasteiger partial charge in [-0.15, -0.1) is 0 Å². The van der Waals surface area contributed by atoms with Gasteiger partial charge in [-0.2, -0.15) is 13.4 Å². The first-order valence-corrected chi connectivity index (χ1v) is 7.98. The Balaban J connectivity index is 1.94. The Kier molecular flexibility index (Phi) is 3.75. The molecule has 0 spiro atoms. The van der Waals surface area contributed by atoms with E-state index in [9.17, 15) is 13.2 Å². The first-order chi connectivity index (χ1) is 11.0. The maximum atomic E-state index is 12.1. The number of esters is 1. The van der Waals surface area contributed by atoms with Crippen molar-refractivity contribution in [2.45, 2.75) is 4.90 Å². The molecule has 118 valence electrons. The molecule has 8 heteroatoms. The van der Waals surface area contributed by atoms with Crippen LogP contribution in [0.25, 0.3) is 11.0 Å². The van der Waals surface area contributed by atoms with E-state index in [1.54, 1.807) is 24.3 Å². The van der Waals surface area contributed by atoms with E-state index in [0.29, 0.717) is 16.6 Å². The zero-order chi connectivity index (χ0) is 16.4. The van der Waals surface area contributed by atoms with Gasteiger partial charge in [0.05, 0.1) is 23.7 Å². The number of hydrogen-bond acceptors (Lipinski definition) is 6.